The molecule has 0 aliphatic rings. The summed E-state index contributed by atoms with van der Waals surface area (Å²) in [4.78, 5) is 21.1. The molecule has 3 aromatic carbocycles. The van der Waals surface area contributed by atoms with Crippen molar-refractivity contribution in [2.24, 2.45) is 0 Å². The maximum absolute atomic E-state index is 13.7. The van der Waals surface area contributed by atoms with Crippen LogP contribution in [0.1, 0.15) is 5.56 Å². The minimum Gasteiger partial charge on any atom is -0.438 e. The van der Waals surface area contributed by atoms with Gasteiger partial charge < -0.3 is 15.4 Å². The van der Waals surface area contributed by atoms with Crippen LogP contribution in [0, 0.1) is 12.7 Å². The fourth-order valence-corrected chi connectivity index (χ4v) is 3.69. The number of ether oxygens (including phenoxy) is 1. The highest BCUT2D eigenvalue weighted by Gasteiger charge is 2.12. The predicted molar refractivity (Wildman–Crippen MR) is 135 cm³/mol. The molecule has 0 spiro atoms. The van der Waals surface area contributed by atoms with Crippen molar-refractivity contribution in [1.29, 1.82) is 0 Å². The third-order valence-corrected chi connectivity index (χ3v) is 5.47. The number of anilines is 2. The lowest BCUT2D eigenvalue weighted by Crippen LogP contribution is -2.19. The van der Waals surface area contributed by atoms with Crippen LogP contribution in [0.2, 0.25) is 0 Å². The molecule has 0 saturated carbocycles. The molecule has 5 aromatic rings. The number of hydrogen-bond acceptors (Lipinski definition) is 4. The Morgan fingerprint density at radius 3 is 2.40 bits per heavy atom. The summed E-state index contributed by atoms with van der Waals surface area (Å²) in [6, 6.07) is 24.6. The summed E-state index contributed by atoms with van der Waals surface area (Å²) < 4.78 is 19.8. The summed E-state index contributed by atoms with van der Waals surface area (Å²) >= 11 is 0. The van der Waals surface area contributed by atoms with Crippen molar-refractivity contribution in [2.45, 2.75) is 6.92 Å². The Morgan fingerprint density at radius 1 is 0.800 bits per heavy atom. The maximum atomic E-state index is 13.7. The maximum Gasteiger partial charge on any atom is 0.323 e. The van der Waals surface area contributed by atoms with Gasteiger partial charge in [0.2, 0.25) is 5.88 Å². The standard InChI is InChI=1S/C28H21FN4O2/c1-18-8-9-20(17-25(18)29)33-28(34)32-19-10-12-21(13-11-19)35-27-24(6-4-15-31-27)22-14-16-30-26-7-3-2-5-23(22)26/h2-17H,1H3,(H2,32,33,34). The molecule has 5 rings (SSSR count). The van der Waals surface area contributed by atoms with E-state index in [4.69, 9.17) is 4.74 Å². The highest BCUT2D eigenvalue weighted by molar-refractivity contribution is 5.99. The van der Waals surface area contributed by atoms with E-state index in [-0.39, 0.29) is 5.82 Å². The molecule has 0 aliphatic carbocycles. The minimum absolute atomic E-state index is 0.372. The number of halogens is 1. The van der Waals surface area contributed by atoms with Crippen LogP contribution in [0.25, 0.3) is 22.0 Å². The summed E-state index contributed by atoms with van der Waals surface area (Å²) in [6.07, 6.45) is 3.45. The molecule has 0 bridgehead atoms. The molecule has 0 fully saturated rings. The first-order valence-corrected chi connectivity index (χ1v) is 11.0. The molecule has 35 heavy (non-hydrogen) atoms. The third kappa shape index (κ3) is 4.94. The lowest BCUT2D eigenvalue weighted by atomic mass is 10.0. The number of aromatic nitrogens is 2. The molecule has 0 atom stereocenters. The Morgan fingerprint density at radius 2 is 1.57 bits per heavy atom. The minimum atomic E-state index is -0.474. The van der Waals surface area contributed by atoms with E-state index < -0.39 is 6.03 Å². The van der Waals surface area contributed by atoms with Crippen molar-refractivity contribution in [2.75, 3.05) is 10.6 Å². The molecule has 2 amide bonds. The number of para-hydroxylation sites is 1. The van der Waals surface area contributed by atoms with E-state index in [9.17, 15) is 9.18 Å². The fourth-order valence-electron chi connectivity index (χ4n) is 3.69. The lowest BCUT2D eigenvalue weighted by Gasteiger charge is -2.12. The van der Waals surface area contributed by atoms with Crippen molar-refractivity contribution in [3.05, 3.63) is 109 Å². The van der Waals surface area contributed by atoms with Gasteiger partial charge in [-0.15, -0.1) is 0 Å². The number of rotatable bonds is 5. The molecule has 0 saturated heterocycles. The van der Waals surface area contributed by atoms with Crippen molar-refractivity contribution in [1.82, 2.24) is 9.97 Å². The SMILES string of the molecule is Cc1ccc(NC(=O)Nc2ccc(Oc3ncccc3-c3ccnc4ccccc34)cc2)cc1F. The number of carbonyl (C=O) groups is 1. The topological polar surface area (TPSA) is 76.1 Å². The Hall–Kier alpha value is -4.78. The van der Waals surface area contributed by atoms with Gasteiger partial charge in [0.25, 0.3) is 0 Å². The number of hydrogen-bond donors (Lipinski definition) is 2. The zero-order valence-electron chi connectivity index (χ0n) is 18.8. The van der Waals surface area contributed by atoms with Crippen LogP contribution in [-0.4, -0.2) is 16.0 Å². The average Bonchev–Trinajstić information content (AvgIpc) is 2.87. The van der Waals surface area contributed by atoms with Gasteiger partial charge in [-0.25, -0.2) is 14.2 Å². The van der Waals surface area contributed by atoms with E-state index in [0.29, 0.717) is 28.6 Å². The molecule has 2 aromatic heterocycles. The molecule has 7 heteroatoms. The molecule has 0 radical (unpaired) electrons. The van der Waals surface area contributed by atoms with Gasteiger partial charge in [0.05, 0.1) is 5.52 Å². The Kier molecular flexibility index (Phi) is 6.05. The van der Waals surface area contributed by atoms with E-state index in [1.807, 2.05) is 42.5 Å². The van der Waals surface area contributed by atoms with Crippen molar-refractivity contribution in [3.8, 4) is 22.8 Å². The summed E-state index contributed by atoms with van der Waals surface area (Å²) in [5.74, 6) is 0.650. The zero-order chi connectivity index (χ0) is 24.2. The molecule has 2 N–H and O–H groups in total. The number of carbonyl (C=O) groups excluding carboxylic acids is 1. The summed E-state index contributed by atoms with van der Waals surface area (Å²) in [5, 5.41) is 6.35. The van der Waals surface area contributed by atoms with E-state index in [1.165, 1.54) is 6.07 Å². The van der Waals surface area contributed by atoms with Gasteiger partial charge in [-0.3, -0.25) is 4.98 Å². The third-order valence-electron chi connectivity index (χ3n) is 5.47. The number of aryl methyl sites for hydroxylation is 1. The van der Waals surface area contributed by atoms with E-state index in [1.54, 1.807) is 55.7 Å². The number of benzene rings is 3. The van der Waals surface area contributed by atoms with E-state index in [0.717, 1.165) is 22.0 Å². The smallest absolute Gasteiger partial charge is 0.323 e. The number of urea groups is 1. The quantitative estimate of drug-likeness (QED) is 0.289. The first-order chi connectivity index (χ1) is 17.1. The monoisotopic (exact) mass is 464 g/mol. The molecular weight excluding hydrogens is 443 g/mol. The van der Waals surface area contributed by atoms with E-state index >= 15 is 0 Å². The average molecular weight is 465 g/mol. The van der Waals surface area contributed by atoms with Crippen LogP contribution in [0.5, 0.6) is 11.6 Å². The Bertz CT molecular complexity index is 1510. The number of nitrogens with zero attached hydrogens (tertiary/aromatic N) is 2. The van der Waals surface area contributed by atoms with Gasteiger partial charge in [0.15, 0.2) is 0 Å². The van der Waals surface area contributed by atoms with Crippen molar-refractivity contribution in [3.63, 3.8) is 0 Å². The van der Waals surface area contributed by atoms with Gasteiger partial charge in [-0.05, 0) is 78.7 Å². The molecular formula is C28H21FN4O2. The highest BCUT2D eigenvalue weighted by Crippen LogP contribution is 2.35. The normalized spacial score (nSPS) is 10.7. The van der Waals surface area contributed by atoms with Crippen molar-refractivity contribution < 1.29 is 13.9 Å². The second-order valence-electron chi connectivity index (χ2n) is 7.90. The lowest BCUT2D eigenvalue weighted by molar-refractivity contribution is 0.262. The van der Waals surface area contributed by atoms with Crippen LogP contribution >= 0.6 is 0 Å². The van der Waals surface area contributed by atoms with Gasteiger partial charge in [0.1, 0.15) is 11.6 Å². The van der Waals surface area contributed by atoms with Gasteiger partial charge >= 0.3 is 6.03 Å². The Labute approximate surface area is 201 Å². The first-order valence-electron chi connectivity index (χ1n) is 11.0. The fraction of sp³-hybridized carbons (Fsp3) is 0.0357. The van der Waals surface area contributed by atoms with Gasteiger partial charge in [-0.1, -0.05) is 24.3 Å². The molecule has 0 aliphatic heterocycles. The molecule has 172 valence electrons. The van der Waals surface area contributed by atoms with Gasteiger partial charge in [-0.2, -0.15) is 0 Å². The highest BCUT2D eigenvalue weighted by atomic mass is 19.1. The molecule has 6 nitrogen and oxygen atoms in total. The number of fused-ring (bicyclic) bond motifs is 1. The number of pyridine rings is 2. The van der Waals surface area contributed by atoms with Crippen LogP contribution in [0.15, 0.2) is 97.3 Å². The van der Waals surface area contributed by atoms with Crippen LogP contribution in [0.3, 0.4) is 0 Å². The molecule has 2 heterocycles. The predicted octanol–water partition coefficient (Wildman–Crippen LogP) is 7.18. The summed E-state index contributed by atoms with van der Waals surface area (Å²) in [5.41, 5.74) is 4.15. The second kappa shape index (κ2) is 9.61. The second-order valence-corrected chi connectivity index (χ2v) is 7.90. The van der Waals surface area contributed by atoms with Crippen molar-refractivity contribution >= 4 is 28.3 Å². The number of amides is 2. The Balaban J connectivity index is 1.31. The first kappa shape index (κ1) is 22.0. The van der Waals surface area contributed by atoms with Crippen LogP contribution < -0.4 is 15.4 Å². The van der Waals surface area contributed by atoms with Gasteiger partial charge in [0, 0.05) is 34.7 Å². The van der Waals surface area contributed by atoms with Crippen LogP contribution in [0.4, 0.5) is 20.6 Å². The molecule has 0 unspecified atom stereocenters. The van der Waals surface area contributed by atoms with E-state index in [2.05, 4.69) is 20.6 Å². The van der Waals surface area contributed by atoms with Crippen LogP contribution in [-0.2, 0) is 0 Å². The number of nitrogens with one attached hydrogen (secondary N) is 2. The largest absolute Gasteiger partial charge is 0.438 e. The summed E-state index contributed by atoms with van der Waals surface area (Å²) in [6.45, 7) is 1.66. The summed E-state index contributed by atoms with van der Waals surface area (Å²) in [7, 11) is 0. The zero-order valence-corrected chi connectivity index (χ0v) is 18.8.